The molecule has 1 aromatic heterocycles. The summed E-state index contributed by atoms with van der Waals surface area (Å²) in [7, 11) is 0. The van der Waals surface area contributed by atoms with Crippen LogP contribution >= 0.6 is 0 Å². The van der Waals surface area contributed by atoms with E-state index in [0.29, 0.717) is 0 Å². The van der Waals surface area contributed by atoms with Crippen molar-refractivity contribution in [2.24, 2.45) is 0 Å². The van der Waals surface area contributed by atoms with E-state index in [2.05, 4.69) is 27.7 Å². The van der Waals surface area contributed by atoms with E-state index in [9.17, 15) is 18.0 Å². The Morgan fingerprint density at radius 1 is 1.10 bits per heavy atom. The minimum atomic E-state index is -1.06. The molecule has 0 unspecified atom stereocenters. The largest absolute Gasteiger partial charge is 0.314 e. The molecule has 0 saturated carbocycles. The normalized spacial score (nSPS) is 9.48. The maximum atomic E-state index is 13.2. The van der Waals surface area contributed by atoms with Crippen molar-refractivity contribution >= 4 is 11.7 Å². The molecule has 0 aliphatic heterocycles. The van der Waals surface area contributed by atoms with Crippen LogP contribution in [0.5, 0.6) is 0 Å². The van der Waals surface area contributed by atoms with Crippen LogP contribution in [0.1, 0.15) is 5.56 Å². The highest BCUT2D eigenvalue weighted by Crippen LogP contribution is 2.07. The second kappa shape index (κ2) is 6.43. The number of carbonyl (C=O) groups excluding carboxylic acids is 1. The van der Waals surface area contributed by atoms with Gasteiger partial charge in [-0.3, -0.25) is 15.6 Å². The molecule has 4 nitrogen and oxygen atoms in total. The van der Waals surface area contributed by atoms with Crippen molar-refractivity contribution in [2.75, 3.05) is 5.43 Å². The number of hydrogen-bond donors (Lipinski definition) is 2. The number of hydrogen-bond acceptors (Lipinski definition) is 3. The first-order valence-electron chi connectivity index (χ1n) is 5.70. The Morgan fingerprint density at radius 3 is 2.62 bits per heavy atom. The van der Waals surface area contributed by atoms with Gasteiger partial charge in [-0.2, -0.15) is 0 Å². The maximum absolute atomic E-state index is 13.2. The Balaban J connectivity index is 1.98. The first-order chi connectivity index (χ1) is 10.1. The SMILES string of the molecule is O=C(C#Cc1ccc(F)c(F)c1)NNc1ncccc1F. The molecule has 1 amide bonds. The van der Waals surface area contributed by atoms with Crippen LogP contribution in [0.3, 0.4) is 0 Å². The van der Waals surface area contributed by atoms with Gasteiger partial charge in [-0.1, -0.05) is 5.92 Å². The number of rotatable bonds is 2. The molecule has 2 aromatic rings. The topological polar surface area (TPSA) is 54.0 Å². The Bertz CT molecular complexity index is 738. The Hall–Kier alpha value is -3.01. The minimum Gasteiger partial charge on any atom is -0.279 e. The second-order valence-electron chi connectivity index (χ2n) is 3.79. The van der Waals surface area contributed by atoms with E-state index in [1.54, 1.807) is 0 Å². The van der Waals surface area contributed by atoms with Gasteiger partial charge in [0.2, 0.25) is 0 Å². The summed E-state index contributed by atoms with van der Waals surface area (Å²) in [5.41, 5.74) is 4.48. The Kier molecular flexibility index (Phi) is 4.41. The third-order valence-corrected chi connectivity index (χ3v) is 2.29. The number of benzene rings is 1. The molecule has 0 fully saturated rings. The van der Waals surface area contributed by atoms with Gasteiger partial charge in [-0.25, -0.2) is 18.2 Å². The van der Waals surface area contributed by atoms with Crippen molar-refractivity contribution in [1.82, 2.24) is 10.4 Å². The molecule has 0 radical (unpaired) electrons. The number of anilines is 1. The van der Waals surface area contributed by atoms with E-state index in [1.165, 1.54) is 18.3 Å². The Morgan fingerprint density at radius 2 is 1.90 bits per heavy atom. The van der Waals surface area contributed by atoms with Crippen molar-refractivity contribution in [1.29, 1.82) is 0 Å². The van der Waals surface area contributed by atoms with Gasteiger partial charge in [-0.05, 0) is 30.3 Å². The van der Waals surface area contributed by atoms with Crippen LogP contribution in [0.2, 0.25) is 0 Å². The fraction of sp³-hybridized carbons (Fsp3) is 0. The fourth-order valence-corrected chi connectivity index (χ4v) is 1.33. The molecule has 106 valence electrons. The summed E-state index contributed by atoms with van der Waals surface area (Å²) in [6, 6.07) is 5.55. The summed E-state index contributed by atoms with van der Waals surface area (Å²) in [6.07, 6.45) is 1.34. The molecule has 0 atom stereocenters. The summed E-state index contributed by atoms with van der Waals surface area (Å²) in [5.74, 6) is 0.812. The van der Waals surface area contributed by atoms with Crippen molar-refractivity contribution in [3.8, 4) is 11.8 Å². The standard InChI is InChI=1S/C14H8F3N3O/c15-10-5-3-9(8-12(10)17)4-6-13(21)19-20-14-11(16)2-1-7-18-14/h1-3,5,7-8H,(H,18,20)(H,19,21). The van der Waals surface area contributed by atoms with Crippen LogP contribution in [-0.2, 0) is 4.79 Å². The summed E-state index contributed by atoms with van der Waals surface area (Å²) in [5, 5.41) is 0. The van der Waals surface area contributed by atoms with Gasteiger partial charge >= 0.3 is 5.91 Å². The predicted octanol–water partition coefficient (Wildman–Crippen LogP) is 1.99. The summed E-state index contributed by atoms with van der Waals surface area (Å²) < 4.78 is 38.8. The molecule has 0 aliphatic carbocycles. The molecule has 0 aliphatic rings. The van der Waals surface area contributed by atoms with Gasteiger partial charge < -0.3 is 0 Å². The van der Waals surface area contributed by atoms with E-state index >= 15 is 0 Å². The molecule has 2 rings (SSSR count). The number of halogens is 3. The lowest BCUT2D eigenvalue weighted by molar-refractivity contribution is -0.115. The molecular weight excluding hydrogens is 283 g/mol. The van der Waals surface area contributed by atoms with E-state index < -0.39 is 23.4 Å². The first kappa shape index (κ1) is 14.4. The van der Waals surface area contributed by atoms with E-state index in [1.807, 2.05) is 0 Å². The second-order valence-corrected chi connectivity index (χ2v) is 3.79. The van der Waals surface area contributed by atoms with Gasteiger partial charge in [-0.15, -0.1) is 0 Å². The third-order valence-electron chi connectivity index (χ3n) is 2.29. The van der Waals surface area contributed by atoms with Crippen LogP contribution in [0.4, 0.5) is 19.0 Å². The molecule has 0 spiro atoms. The van der Waals surface area contributed by atoms with Crippen LogP contribution < -0.4 is 10.9 Å². The number of nitrogens with zero attached hydrogens (tertiary/aromatic N) is 1. The molecule has 21 heavy (non-hydrogen) atoms. The average molecular weight is 291 g/mol. The van der Waals surface area contributed by atoms with Crippen LogP contribution in [-0.4, -0.2) is 10.9 Å². The number of pyridine rings is 1. The number of hydrazine groups is 1. The quantitative estimate of drug-likeness (QED) is 0.657. The fourth-order valence-electron chi connectivity index (χ4n) is 1.33. The molecule has 1 aromatic carbocycles. The smallest absolute Gasteiger partial charge is 0.279 e. The third kappa shape index (κ3) is 3.98. The van der Waals surface area contributed by atoms with Crippen LogP contribution in [0.15, 0.2) is 36.5 Å². The monoisotopic (exact) mass is 291 g/mol. The lowest BCUT2D eigenvalue weighted by Crippen LogP contribution is -2.28. The summed E-state index contributed by atoms with van der Waals surface area (Å²) in [4.78, 5) is 15.0. The van der Waals surface area contributed by atoms with Crippen molar-refractivity contribution < 1.29 is 18.0 Å². The molecule has 2 N–H and O–H groups in total. The van der Waals surface area contributed by atoms with Crippen LogP contribution in [0, 0.1) is 29.3 Å². The first-order valence-corrected chi connectivity index (χ1v) is 5.70. The predicted molar refractivity (Wildman–Crippen MR) is 69.2 cm³/mol. The van der Waals surface area contributed by atoms with E-state index in [-0.39, 0.29) is 11.4 Å². The van der Waals surface area contributed by atoms with Gasteiger partial charge in [0.25, 0.3) is 0 Å². The average Bonchev–Trinajstić information content (AvgIpc) is 2.47. The van der Waals surface area contributed by atoms with Gasteiger partial charge in [0.1, 0.15) is 0 Å². The maximum Gasteiger partial charge on any atom is 0.314 e. The van der Waals surface area contributed by atoms with Gasteiger partial charge in [0, 0.05) is 17.7 Å². The number of carbonyl (C=O) groups is 1. The van der Waals surface area contributed by atoms with Crippen LogP contribution in [0.25, 0.3) is 0 Å². The lowest BCUT2D eigenvalue weighted by Gasteiger charge is -2.04. The van der Waals surface area contributed by atoms with Crippen molar-refractivity contribution in [2.45, 2.75) is 0 Å². The summed E-state index contributed by atoms with van der Waals surface area (Å²) in [6.45, 7) is 0. The molecule has 0 saturated heterocycles. The zero-order valence-corrected chi connectivity index (χ0v) is 10.5. The Labute approximate surface area is 118 Å². The number of amides is 1. The molecular formula is C14H8F3N3O. The minimum absolute atomic E-state index is 0.132. The van der Waals surface area contributed by atoms with Crippen molar-refractivity contribution in [3.63, 3.8) is 0 Å². The number of aromatic nitrogens is 1. The zero-order chi connectivity index (χ0) is 15.2. The zero-order valence-electron chi connectivity index (χ0n) is 10.5. The van der Waals surface area contributed by atoms with Gasteiger partial charge in [0.05, 0.1) is 0 Å². The highest BCUT2D eigenvalue weighted by Gasteiger charge is 2.03. The van der Waals surface area contributed by atoms with Crippen molar-refractivity contribution in [3.05, 3.63) is 59.5 Å². The molecule has 7 heteroatoms. The highest BCUT2D eigenvalue weighted by molar-refractivity contribution is 5.94. The molecule has 0 bridgehead atoms. The number of nitrogens with one attached hydrogen (secondary N) is 2. The van der Waals surface area contributed by atoms with E-state index in [4.69, 9.17) is 0 Å². The highest BCUT2D eigenvalue weighted by atomic mass is 19.2. The lowest BCUT2D eigenvalue weighted by atomic mass is 10.2. The van der Waals surface area contributed by atoms with E-state index in [0.717, 1.165) is 18.2 Å². The summed E-state index contributed by atoms with van der Waals surface area (Å²) >= 11 is 0. The van der Waals surface area contributed by atoms with Gasteiger partial charge in [0.15, 0.2) is 23.3 Å². The molecule has 1 heterocycles.